The van der Waals surface area contributed by atoms with Gasteiger partial charge >= 0.3 is 5.97 Å². The molecule has 1 fully saturated rings. The third-order valence-corrected chi connectivity index (χ3v) is 3.16. The average Bonchev–Trinajstić information content (AvgIpc) is 3.21. The third-order valence-electron chi connectivity index (χ3n) is 3.16. The van der Waals surface area contributed by atoms with E-state index >= 15 is 0 Å². The summed E-state index contributed by atoms with van der Waals surface area (Å²) in [5.41, 5.74) is 0.829. The van der Waals surface area contributed by atoms with Gasteiger partial charge in [0.2, 0.25) is 0 Å². The van der Waals surface area contributed by atoms with Gasteiger partial charge in [0.15, 0.2) is 0 Å². The molecule has 0 aromatic heterocycles. The SMILES string of the molecule is CN(CCOc1cccc(C=CC(=O)O)c1)C1CC1. The normalized spacial score (nSPS) is 15.1. The molecule has 0 aliphatic heterocycles. The van der Waals surface area contributed by atoms with Gasteiger partial charge in [-0.15, -0.1) is 0 Å². The summed E-state index contributed by atoms with van der Waals surface area (Å²) in [6.45, 7) is 1.57. The van der Waals surface area contributed by atoms with Crippen molar-refractivity contribution in [2.75, 3.05) is 20.2 Å². The van der Waals surface area contributed by atoms with Crippen LogP contribution in [0.5, 0.6) is 5.75 Å². The van der Waals surface area contributed by atoms with Crippen molar-refractivity contribution in [3.05, 3.63) is 35.9 Å². The zero-order chi connectivity index (χ0) is 13.7. The first-order valence-corrected chi connectivity index (χ1v) is 6.49. The lowest BCUT2D eigenvalue weighted by Gasteiger charge is -2.15. The number of aliphatic carboxylic acids is 1. The van der Waals surface area contributed by atoms with Gasteiger partial charge in [-0.25, -0.2) is 4.79 Å². The van der Waals surface area contributed by atoms with E-state index in [4.69, 9.17) is 9.84 Å². The number of carboxylic acids is 1. The molecule has 0 spiro atoms. The maximum absolute atomic E-state index is 10.5. The number of rotatable bonds is 7. The smallest absolute Gasteiger partial charge is 0.328 e. The molecule has 0 amide bonds. The van der Waals surface area contributed by atoms with Crippen molar-refractivity contribution in [1.29, 1.82) is 0 Å². The zero-order valence-electron chi connectivity index (χ0n) is 11.1. The highest BCUT2D eigenvalue weighted by molar-refractivity contribution is 5.85. The van der Waals surface area contributed by atoms with Gasteiger partial charge in [0.1, 0.15) is 12.4 Å². The van der Waals surface area contributed by atoms with Gasteiger partial charge in [-0.1, -0.05) is 12.1 Å². The van der Waals surface area contributed by atoms with Crippen LogP contribution in [0.1, 0.15) is 18.4 Å². The fraction of sp³-hybridized carbons (Fsp3) is 0.400. The molecule has 1 aromatic carbocycles. The molecule has 0 heterocycles. The molecule has 0 bridgehead atoms. The van der Waals surface area contributed by atoms with Crippen LogP contribution < -0.4 is 4.74 Å². The average molecular weight is 261 g/mol. The lowest BCUT2D eigenvalue weighted by molar-refractivity contribution is -0.131. The number of likely N-dealkylation sites (N-methyl/N-ethyl adjacent to an activating group) is 1. The molecule has 0 saturated heterocycles. The van der Waals surface area contributed by atoms with Gasteiger partial charge in [0.25, 0.3) is 0 Å². The first kappa shape index (κ1) is 13.6. The monoisotopic (exact) mass is 261 g/mol. The molecule has 1 aromatic rings. The molecular formula is C15H19NO3. The van der Waals surface area contributed by atoms with E-state index in [-0.39, 0.29) is 0 Å². The summed E-state index contributed by atoms with van der Waals surface area (Å²) in [6, 6.07) is 8.18. The molecule has 0 unspecified atom stereocenters. The van der Waals surface area contributed by atoms with Crippen LogP contribution in [0.15, 0.2) is 30.3 Å². The second-order valence-corrected chi connectivity index (χ2v) is 4.80. The minimum Gasteiger partial charge on any atom is -0.492 e. The van der Waals surface area contributed by atoms with E-state index in [1.807, 2.05) is 24.3 Å². The van der Waals surface area contributed by atoms with Crippen LogP contribution in [0.2, 0.25) is 0 Å². The Morgan fingerprint density at radius 3 is 3.00 bits per heavy atom. The topological polar surface area (TPSA) is 49.8 Å². The second-order valence-electron chi connectivity index (χ2n) is 4.80. The summed E-state index contributed by atoms with van der Waals surface area (Å²) in [5, 5.41) is 8.58. The number of carboxylic acid groups (broad SMARTS) is 1. The number of benzene rings is 1. The molecule has 4 nitrogen and oxygen atoms in total. The molecule has 0 atom stereocenters. The van der Waals surface area contributed by atoms with Gasteiger partial charge in [0, 0.05) is 18.7 Å². The predicted molar refractivity (Wildman–Crippen MR) is 74.3 cm³/mol. The van der Waals surface area contributed by atoms with E-state index in [9.17, 15) is 4.79 Å². The van der Waals surface area contributed by atoms with Gasteiger partial charge in [0.05, 0.1) is 0 Å². The molecule has 0 radical (unpaired) electrons. The number of carbonyl (C=O) groups is 1. The number of hydrogen-bond donors (Lipinski definition) is 1. The first-order chi connectivity index (χ1) is 9.15. The number of ether oxygens (including phenoxy) is 1. The molecule has 4 heteroatoms. The van der Waals surface area contributed by atoms with Crippen LogP contribution >= 0.6 is 0 Å². The van der Waals surface area contributed by atoms with Crippen molar-refractivity contribution in [1.82, 2.24) is 4.90 Å². The molecule has 19 heavy (non-hydrogen) atoms. The minimum atomic E-state index is -0.947. The molecule has 1 N–H and O–H groups in total. The molecule has 2 rings (SSSR count). The molecule has 1 aliphatic rings. The zero-order valence-corrected chi connectivity index (χ0v) is 11.1. The van der Waals surface area contributed by atoms with Gasteiger partial charge < -0.3 is 14.7 Å². The van der Waals surface area contributed by atoms with E-state index in [1.165, 1.54) is 12.8 Å². The summed E-state index contributed by atoms with van der Waals surface area (Å²) in [6.07, 6.45) is 5.28. The van der Waals surface area contributed by atoms with Crippen LogP contribution in [0.4, 0.5) is 0 Å². The largest absolute Gasteiger partial charge is 0.492 e. The Bertz CT molecular complexity index is 466. The summed E-state index contributed by atoms with van der Waals surface area (Å²) in [7, 11) is 2.12. The number of hydrogen-bond acceptors (Lipinski definition) is 3. The van der Waals surface area contributed by atoms with Crippen LogP contribution in [-0.4, -0.2) is 42.2 Å². The van der Waals surface area contributed by atoms with E-state index in [2.05, 4.69) is 11.9 Å². The molecule has 1 aliphatic carbocycles. The highest BCUT2D eigenvalue weighted by Gasteiger charge is 2.25. The standard InChI is InChI=1S/C15H19NO3/c1-16(13-6-7-13)9-10-19-14-4-2-3-12(11-14)5-8-15(17)18/h2-5,8,11,13H,6-7,9-10H2,1H3,(H,17,18). The van der Waals surface area contributed by atoms with E-state index in [1.54, 1.807) is 6.08 Å². The molecule has 1 saturated carbocycles. The van der Waals surface area contributed by atoms with Gasteiger partial charge in [-0.2, -0.15) is 0 Å². The maximum atomic E-state index is 10.5. The fourth-order valence-corrected chi connectivity index (χ4v) is 1.88. The Labute approximate surface area is 113 Å². The Morgan fingerprint density at radius 1 is 1.53 bits per heavy atom. The lowest BCUT2D eigenvalue weighted by atomic mass is 10.2. The van der Waals surface area contributed by atoms with Gasteiger partial charge in [-0.3, -0.25) is 0 Å². The Kier molecular flexibility index (Phi) is 4.58. The van der Waals surface area contributed by atoms with Crippen LogP contribution in [0, 0.1) is 0 Å². The van der Waals surface area contributed by atoms with Crippen molar-refractivity contribution >= 4 is 12.0 Å². The van der Waals surface area contributed by atoms with Crippen molar-refractivity contribution < 1.29 is 14.6 Å². The summed E-state index contributed by atoms with van der Waals surface area (Å²) >= 11 is 0. The van der Waals surface area contributed by atoms with Crippen molar-refractivity contribution in [2.45, 2.75) is 18.9 Å². The van der Waals surface area contributed by atoms with E-state index in [0.717, 1.165) is 30.0 Å². The first-order valence-electron chi connectivity index (χ1n) is 6.49. The summed E-state index contributed by atoms with van der Waals surface area (Å²) < 4.78 is 5.68. The Balaban J connectivity index is 1.82. The van der Waals surface area contributed by atoms with Crippen molar-refractivity contribution in [3.8, 4) is 5.75 Å². The second kappa shape index (κ2) is 6.38. The van der Waals surface area contributed by atoms with Crippen molar-refractivity contribution in [3.63, 3.8) is 0 Å². The number of nitrogens with zero attached hydrogens (tertiary/aromatic N) is 1. The van der Waals surface area contributed by atoms with E-state index < -0.39 is 5.97 Å². The summed E-state index contributed by atoms with van der Waals surface area (Å²) in [4.78, 5) is 12.8. The van der Waals surface area contributed by atoms with Crippen LogP contribution in [0.25, 0.3) is 6.08 Å². The van der Waals surface area contributed by atoms with E-state index in [0.29, 0.717) is 6.61 Å². The molecular weight excluding hydrogens is 242 g/mol. The highest BCUT2D eigenvalue weighted by atomic mass is 16.5. The quantitative estimate of drug-likeness (QED) is 0.765. The predicted octanol–water partition coefficient (Wildman–Crippen LogP) is 2.26. The summed E-state index contributed by atoms with van der Waals surface area (Å²) in [5.74, 6) is -0.172. The maximum Gasteiger partial charge on any atom is 0.328 e. The lowest BCUT2D eigenvalue weighted by Crippen LogP contribution is -2.26. The Hall–Kier alpha value is -1.81. The fourth-order valence-electron chi connectivity index (χ4n) is 1.88. The van der Waals surface area contributed by atoms with Gasteiger partial charge in [-0.05, 0) is 43.7 Å². The van der Waals surface area contributed by atoms with Crippen LogP contribution in [-0.2, 0) is 4.79 Å². The highest BCUT2D eigenvalue weighted by Crippen LogP contribution is 2.24. The van der Waals surface area contributed by atoms with Crippen LogP contribution in [0.3, 0.4) is 0 Å². The minimum absolute atomic E-state index is 0.652. The molecule has 102 valence electrons. The van der Waals surface area contributed by atoms with Crippen molar-refractivity contribution in [2.24, 2.45) is 0 Å². The Morgan fingerprint density at radius 2 is 2.32 bits per heavy atom. The third kappa shape index (κ3) is 4.75.